The maximum absolute atomic E-state index is 9.23. The van der Waals surface area contributed by atoms with E-state index in [0.717, 1.165) is 19.4 Å². The molecule has 0 aromatic heterocycles. The molecule has 3 atom stereocenters. The van der Waals surface area contributed by atoms with Crippen molar-refractivity contribution in [2.24, 2.45) is 5.92 Å². The van der Waals surface area contributed by atoms with Crippen molar-refractivity contribution in [3.05, 3.63) is 0 Å². The van der Waals surface area contributed by atoms with Crippen LogP contribution in [0.5, 0.6) is 0 Å². The van der Waals surface area contributed by atoms with Crippen molar-refractivity contribution in [2.45, 2.75) is 32.2 Å². The molecule has 1 heterocycles. The van der Waals surface area contributed by atoms with E-state index in [0.29, 0.717) is 5.92 Å². The second-order valence-corrected chi connectivity index (χ2v) is 3.30. The van der Waals surface area contributed by atoms with E-state index in [1.807, 2.05) is 14.0 Å². The van der Waals surface area contributed by atoms with Crippen LogP contribution in [0, 0.1) is 5.92 Å². The highest BCUT2D eigenvalue weighted by atomic mass is 16.6. The van der Waals surface area contributed by atoms with Crippen LogP contribution in [0.3, 0.4) is 0 Å². The van der Waals surface area contributed by atoms with Crippen LogP contribution in [0.15, 0.2) is 0 Å². The Morgan fingerprint density at radius 3 is 2.82 bits per heavy atom. The van der Waals surface area contributed by atoms with Crippen molar-refractivity contribution in [1.82, 2.24) is 5.32 Å². The fourth-order valence-electron chi connectivity index (χ4n) is 1.69. The fraction of sp³-hybridized carbons (Fsp3) is 1.00. The van der Waals surface area contributed by atoms with Crippen LogP contribution in [0.4, 0.5) is 0 Å². The number of nitrogens with one attached hydrogen (secondary N) is 1. The molecule has 0 spiro atoms. The molecule has 1 aliphatic rings. The lowest BCUT2D eigenvalue weighted by Crippen LogP contribution is -2.35. The van der Waals surface area contributed by atoms with E-state index >= 15 is 0 Å². The van der Waals surface area contributed by atoms with Gasteiger partial charge in [0.05, 0.1) is 6.10 Å². The van der Waals surface area contributed by atoms with Crippen molar-refractivity contribution in [2.75, 3.05) is 13.6 Å². The fourth-order valence-corrected chi connectivity index (χ4v) is 1.69. The summed E-state index contributed by atoms with van der Waals surface area (Å²) in [6.07, 6.45) is 1.48. The van der Waals surface area contributed by atoms with E-state index in [-0.39, 0.29) is 6.10 Å². The molecule has 1 rings (SSSR count). The van der Waals surface area contributed by atoms with Gasteiger partial charge in [0.1, 0.15) is 0 Å². The highest BCUT2D eigenvalue weighted by Gasteiger charge is 2.24. The average Bonchev–Trinajstić information content (AvgIpc) is 1.85. The standard InChI is InChI=1S/C8H17NO2/c1-6-3-7(5-9-2)4-8(10)11-6/h6-10H,3-5H2,1-2H3. The zero-order valence-electron chi connectivity index (χ0n) is 7.21. The minimum atomic E-state index is -0.544. The molecule has 0 aromatic rings. The van der Waals surface area contributed by atoms with Gasteiger partial charge in [-0.15, -0.1) is 0 Å². The SMILES string of the molecule is CNCC1CC(C)OC(O)C1. The Labute approximate surface area is 67.7 Å². The first-order valence-electron chi connectivity index (χ1n) is 4.20. The quantitative estimate of drug-likeness (QED) is 0.610. The summed E-state index contributed by atoms with van der Waals surface area (Å²) in [7, 11) is 1.94. The molecule has 1 fully saturated rings. The molecule has 0 aliphatic carbocycles. The van der Waals surface area contributed by atoms with E-state index < -0.39 is 6.29 Å². The molecule has 3 nitrogen and oxygen atoms in total. The van der Waals surface area contributed by atoms with Crippen molar-refractivity contribution < 1.29 is 9.84 Å². The first kappa shape index (κ1) is 8.97. The van der Waals surface area contributed by atoms with Crippen LogP contribution in [0.2, 0.25) is 0 Å². The third kappa shape index (κ3) is 2.77. The van der Waals surface area contributed by atoms with Gasteiger partial charge < -0.3 is 15.2 Å². The molecule has 2 N–H and O–H groups in total. The van der Waals surface area contributed by atoms with Gasteiger partial charge in [0.15, 0.2) is 6.29 Å². The van der Waals surface area contributed by atoms with Gasteiger partial charge in [0.25, 0.3) is 0 Å². The minimum absolute atomic E-state index is 0.206. The maximum atomic E-state index is 9.23. The van der Waals surface area contributed by atoms with Gasteiger partial charge in [-0.3, -0.25) is 0 Å². The summed E-state index contributed by atoms with van der Waals surface area (Å²) in [6.45, 7) is 2.98. The van der Waals surface area contributed by atoms with Crippen molar-refractivity contribution in [1.29, 1.82) is 0 Å². The lowest BCUT2D eigenvalue weighted by Gasteiger charge is -2.30. The van der Waals surface area contributed by atoms with E-state index in [4.69, 9.17) is 4.74 Å². The van der Waals surface area contributed by atoms with E-state index in [9.17, 15) is 5.11 Å². The first-order chi connectivity index (χ1) is 5.22. The summed E-state index contributed by atoms with van der Waals surface area (Å²) in [5.74, 6) is 0.568. The molecular weight excluding hydrogens is 142 g/mol. The molecule has 66 valence electrons. The number of ether oxygens (including phenoxy) is 1. The van der Waals surface area contributed by atoms with Gasteiger partial charge in [-0.1, -0.05) is 0 Å². The summed E-state index contributed by atoms with van der Waals surface area (Å²) >= 11 is 0. The minimum Gasteiger partial charge on any atom is -0.368 e. The Balaban J connectivity index is 2.30. The van der Waals surface area contributed by atoms with Crippen LogP contribution in [-0.2, 0) is 4.74 Å². The molecule has 3 unspecified atom stereocenters. The molecule has 0 radical (unpaired) electrons. The molecule has 1 saturated heterocycles. The Morgan fingerprint density at radius 2 is 2.27 bits per heavy atom. The molecule has 0 saturated carbocycles. The third-order valence-corrected chi connectivity index (χ3v) is 2.08. The Morgan fingerprint density at radius 1 is 1.55 bits per heavy atom. The van der Waals surface area contributed by atoms with Gasteiger partial charge in [0, 0.05) is 6.42 Å². The smallest absolute Gasteiger partial charge is 0.155 e. The van der Waals surface area contributed by atoms with Gasteiger partial charge in [-0.05, 0) is 32.9 Å². The maximum Gasteiger partial charge on any atom is 0.155 e. The van der Waals surface area contributed by atoms with Crippen molar-refractivity contribution in [3.63, 3.8) is 0 Å². The third-order valence-electron chi connectivity index (χ3n) is 2.08. The normalized spacial score (nSPS) is 39.0. The molecular formula is C8H17NO2. The number of aliphatic hydroxyl groups excluding tert-OH is 1. The summed E-state index contributed by atoms with van der Waals surface area (Å²) in [5, 5.41) is 12.3. The second kappa shape index (κ2) is 4.04. The van der Waals surface area contributed by atoms with Crippen LogP contribution in [0.25, 0.3) is 0 Å². The van der Waals surface area contributed by atoms with E-state index in [2.05, 4.69) is 5.32 Å². The van der Waals surface area contributed by atoms with Gasteiger partial charge in [0.2, 0.25) is 0 Å². The summed E-state index contributed by atoms with van der Waals surface area (Å²) < 4.78 is 5.19. The van der Waals surface area contributed by atoms with E-state index in [1.54, 1.807) is 0 Å². The summed E-state index contributed by atoms with van der Waals surface area (Å²) in [5.41, 5.74) is 0. The largest absolute Gasteiger partial charge is 0.368 e. The van der Waals surface area contributed by atoms with Gasteiger partial charge in [-0.2, -0.15) is 0 Å². The van der Waals surface area contributed by atoms with Gasteiger partial charge in [-0.25, -0.2) is 0 Å². The molecule has 0 amide bonds. The molecule has 0 bridgehead atoms. The lowest BCUT2D eigenvalue weighted by molar-refractivity contribution is -0.170. The van der Waals surface area contributed by atoms with Crippen LogP contribution < -0.4 is 5.32 Å². The Kier molecular flexibility index (Phi) is 3.30. The number of hydrogen-bond donors (Lipinski definition) is 2. The number of hydrogen-bond acceptors (Lipinski definition) is 3. The second-order valence-electron chi connectivity index (χ2n) is 3.30. The van der Waals surface area contributed by atoms with Gasteiger partial charge >= 0.3 is 0 Å². The van der Waals surface area contributed by atoms with Crippen molar-refractivity contribution >= 4 is 0 Å². The van der Waals surface area contributed by atoms with Crippen LogP contribution >= 0.6 is 0 Å². The predicted molar refractivity (Wildman–Crippen MR) is 43.2 cm³/mol. The van der Waals surface area contributed by atoms with Crippen LogP contribution in [0.1, 0.15) is 19.8 Å². The molecule has 11 heavy (non-hydrogen) atoms. The number of aliphatic hydroxyl groups is 1. The van der Waals surface area contributed by atoms with E-state index in [1.165, 1.54) is 0 Å². The zero-order valence-corrected chi connectivity index (χ0v) is 7.21. The predicted octanol–water partition coefficient (Wildman–Crippen LogP) is 0.339. The Bertz CT molecular complexity index is 109. The van der Waals surface area contributed by atoms with Crippen LogP contribution in [-0.4, -0.2) is 31.1 Å². The molecule has 1 aliphatic heterocycles. The Hall–Kier alpha value is -0.120. The first-order valence-corrected chi connectivity index (χ1v) is 4.20. The average molecular weight is 159 g/mol. The number of rotatable bonds is 2. The highest BCUT2D eigenvalue weighted by molar-refractivity contribution is 4.71. The monoisotopic (exact) mass is 159 g/mol. The molecule has 3 heteroatoms. The zero-order chi connectivity index (χ0) is 8.27. The highest BCUT2D eigenvalue weighted by Crippen LogP contribution is 2.22. The summed E-state index contributed by atoms with van der Waals surface area (Å²) in [4.78, 5) is 0. The lowest BCUT2D eigenvalue weighted by atomic mass is 9.95. The molecule has 0 aromatic carbocycles. The topological polar surface area (TPSA) is 41.5 Å². The summed E-state index contributed by atoms with van der Waals surface area (Å²) in [6, 6.07) is 0. The van der Waals surface area contributed by atoms with Crippen molar-refractivity contribution in [3.8, 4) is 0 Å².